The lowest BCUT2D eigenvalue weighted by molar-refractivity contribution is 0.211. The average molecular weight is 299 g/mol. The number of amidine groups is 1. The molecule has 0 radical (unpaired) electrons. The van der Waals surface area contributed by atoms with Crippen LogP contribution in [0.3, 0.4) is 0 Å². The van der Waals surface area contributed by atoms with Gasteiger partial charge in [-0.25, -0.2) is 4.79 Å². The zero-order chi connectivity index (χ0) is 15.9. The van der Waals surface area contributed by atoms with E-state index in [1.165, 1.54) is 0 Å². The number of methoxy groups -OCH3 is 1. The highest BCUT2D eigenvalue weighted by Gasteiger charge is 2.06. The van der Waals surface area contributed by atoms with Crippen molar-refractivity contribution < 1.29 is 14.3 Å². The van der Waals surface area contributed by atoms with E-state index in [2.05, 4.69) is 4.99 Å². The van der Waals surface area contributed by atoms with Crippen molar-refractivity contribution in [2.45, 2.75) is 6.54 Å². The van der Waals surface area contributed by atoms with Crippen molar-refractivity contribution in [3.8, 4) is 11.5 Å². The van der Waals surface area contributed by atoms with Gasteiger partial charge >= 0.3 is 6.09 Å². The number of hydrogen-bond donors (Lipinski definition) is 2. The van der Waals surface area contributed by atoms with E-state index in [0.29, 0.717) is 23.6 Å². The summed E-state index contributed by atoms with van der Waals surface area (Å²) < 4.78 is 10.1. The second-order valence-corrected chi connectivity index (χ2v) is 4.44. The molecule has 0 fully saturated rings. The monoisotopic (exact) mass is 299 g/mol. The Labute approximate surface area is 128 Å². The number of nitrogens with two attached hydrogens (primary N) is 2. The molecule has 0 aliphatic rings. The zero-order valence-electron chi connectivity index (χ0n) is 12.2. The first-order valence-corrected chi connectivity index (χ1v) is 6.62. The normalized spacial score (nSPS) is 11.1. The van der Waals surface area contributed by atoms with Gasteiger partial charge in [-0.05, 0) is 29.8 Å². The van der Waals surface area contributed by atoms with E-state index in [1.54, 1.807) is 43.5 Å². The fraction of sp³-hybridized carbons (Fsp3) is 0.125. The average Bonchev–Trinajstić information content (AvgIpc) is 2.55. The molecule has 6 nitrogen and oxygen atoms in total. The van der Waals surface area contributed by atoms with E-state index in [0.717, 1.165) is 5.56 Å². The van der Waals surface area contributed by atoms with Crippen LogP contribution < -0.4 is 20.9 Å². The number of carbonyl (C=O) groups excluding carboxylic acids is 1. The largest absolute Gasteiger partial charge is 0.497 e. The lowest BCUT2D eigenvalue weighted by atomic mass is 10.1. The third-order valence-corrected chi connectivity index (χ3v) is 2.96. The maximum absolute atomic E-state index is 11.7. The molecular weight excluding hydrogens is 282 g/mol. The predicted octanol–water partition coefficient (Wildman–Crippen LogP) is 2.06. The second-order valence-electron chi connectivity index (χ2n) is 4.44. The number of amides is 1. The van der Waals surface area contributed by atoms with Crippen LogP contribution in [0.1, 0.15) is 11.1 Å². The first kappa shape index (κ1) is 15.5. The van der Waals surface area contributed by atoms with Crippen molar-refractivity contribution >= 4 is 11.9 Å². The fourth-order valence-electron chi connectivity index (χ4n) is 1.74. The van der Waals surface area contributed by atoms with Crippen molar-refractivity contribution in [1.82, 2.24) is 0 Å². The Hall–Kier alpha value is -2.86. The van der Waals surface area contributed by atoms with Gasteiger partial charge in [-0.2, -0.15) is 4.99 Å². The SMILES string of the molecule is COc1ccc(OC(=O)/N=C(/N)c2ccc(CN)cc2)cc1. The highest BCUT2D eigenvalue weighted by atomic mass is 16.5. The molecule has 0 saturated heterocycles. The van der Waals surface area contributed by atoms with Crippen LogP contribution in [0.5, 0.6) is 11.5 Å². The quantitative estimate of drug-likeness (QED) is 0.665. The molecule has 6 heteroatoms. The molecule has 4 N–H and O–H groups in total. The van der Waals surface area contributed by atoms with E-state index < -0.39 is 6.09 Å². The van der Waals surface area contributed by atoms with Crippen LogP contribution in [-0.4, -0.2) is 19.0 Å². The molecule has 2 aromatic rings. The first-order valence-electron chi connectivity index (χ1n) is 6.62. The number of benzene rings is 2. The van der Waals surface area contributed by atoms with Crippen LogP contribution in [0.15, 0.2) is 53.5 Å². The maximum Gasteiger partial charge on any atom is 0.441 e. The van der Waals surface area contributed by atoms with Crippen molar-refractivity contribution in [2.24, 2.45) is 16.5 Å². The number of aliphatic imine (C=N–C) groups is 1. The number of carbonyl (C=O) groups is 1. The van der Waals surface area contributed by atoms with E-state index in [4.69, 9.17) is 20.9 Å². The summed E-state index contributed by atoms with van der Waals surface area (Å²) in [7, 11) is 1.56. The van der Waals surface area contributed by atoms with Crippen molar-refractivity contribution in [2.75, 3.05) is 7.11 Å². The molecule has 0 aliphatic carbocycles. The molecule has 0 heterocycles. The maximum atomic E-state index is 11.7. The Morgan fingerprint density at radius 2 is 1.64 bits per heavy atom. The molecule has 0 saturated carbocycles. The summed E-state index contributed by atoms with van der Waals surface area (Å²) in [5.74, 6) is 1.12. The van der Waals surface area contributed by atoms with Gasteiger partial charge in [0.15, 0.2) is 0 Å². The van der Waals surface area contributed by atoms with Crippen molar-refractivity contribution in [3.63, 3.8) is 0 Å². The minimum Gasteiger partial charge on any atom is -0.497 e. The van der Waals surface area contributed by atoms with Crippen LogP contribution in [0.4, 0.5) is 4.79 Å². The molecule has 22 heavy (non-hydrogen) atoms. The van der Waals surface area contributed by atoms with Gasteiger partial charge in [-0.1, -0.05) is 24.3 Å². The van der Waals surface area contributed by atoms with Crippen LogP contribution in [0.2, 0.25) is 0 Å². The van der Waals surface area contributed by atoms with Gasteiger partial charge in [0.05, 0.1) is 7.11 Å². The molecular formula is C16H17N3O3. The smallest absolute Gasteiger partial charge is 0.441 e. The van der Waals surface area contributed by atoms with Gasteiger partial charge in [0.2, 0.25) is 0 Å². The highest BCUT2D eigenvalue weighted by molar-refractivity contribution is 6.03. The Morgan fingerprint density at radius 3 is 2.18 bits per heavy atom. The summed E-state index contributed by atoms with van der Waals surface area (Å²) in [6.45, 7) is 0.441. The minimum absolute atomic E-state index is 0.0853. The third-order valence-electron chi connectivity index (χ3n) is 2.96. The molecule has 2 rings (SSSR count). The molecule has 0 atom stereocenters. The topological polar surface area (TPSA) is 99.9 Å². The fourth-order valence-corrected chi connectivity index (χ4v) is 1.74. The van der Waals surface area contributed by atoms with Crippen LogP contribution in [0, 0.1) is 0 Å². The summed E-state index contributed by atoms with van der Waals surface area (Å²) in [5, 5.41) is 0. The molecule has 0 aliphatic heterocycles. The molecule has 0 aromatic heterocycles. The Morgan fingerprint density at radius 1 is 1.05 bits per heavy atom. The van der Waals surface area contributed by atoms with Gasteiger partial charge in [-0.3, -0.25) is 0 Å². The molecule has 2 aromatic carbocycles. The summed E-state index contributed by atoms with van der Waals surface area (Å²) in [4.78, 5) is 15.4. The van der Waals surface area contributed by atoms with Crippen LogP contribution >= 0.6 is 0 Å². The standard InChI is InChI=1S/C16H17N3O3/c1-21-13-6-8-14(9-7-13)22-16(20)19-15(18)12-4-2-11(10-17)3-5-12/h2-9H,10,17H2,1H3,(H2,18,19,20). The van der Waals surface area contributed by atoms with Gasteiger partial charge in [0.25, 0.3) is 0 Å². The minimum atomic E-state index is -0.787. The first-order chi connectivity index (χ1) is 10.6. The van der Waals surface area contributed by atoms with Gasteiger partial charge in [0, 0.05) is 12.1 Å². The Balaban J connectivity index is 2.04. The van der Waals surface area contributed by atoms with E-state index >= 15 is 0 Å². The number of ether oxygens (including phenoxy) is 2. The van der Waals surface area contributed by atoms with Gasteiger partial charge in [-0.15, -0.1) is 0 Å². The highest BCUT2D eigenvalue weighted by Crippen LogP contribution is 2.17. The summed E-state index contributed by atoms with van der Waals surface area (Å²) in [6, 6.07) is 13.7. The van der Waals surface area contributed by atoms with Crippen LogP contribution in [-0.2, 0) is 6.54 Å². The van der Waals surface area contributed by atoms with Crippen molar-refractivity contribution in [3.05, 3.63) is 59.7 Å². The predicted molar refractivity (Wildman–Crippen MR) is 84.1 cm³/mol. The number of hydrogen-bond acceptors (Lipinski definition) is 4. The Kier molecular flexibility index (Phi) is 5.11. The van der Waals surface area contributed by atoms with Gasteiger partial charge in [0.1, 0.15) is 17.3 Å². The molecule has 114 valence electrons. The Bertz CT molecular complexity index is 664. The zero-order valence-corrected chi connectivity index (χ0v) is 12.2. The lowest BCUT2D eigenvalue weighted by Gasteiger charge is -2.04. The summed E-state index contributed by atoms with van der Waals surface area (Å²) in [6.07, 6.45) is -0.787. The molecule has 1 amide bonds. The van der Waals surface area contributed by atoms with E-state index in [1.807, 2.05) is 12.1 Å². The van der Waals surface area contributed by atoms with E-state index in [9.17, 15) is 4.79 Å². The van der Waals surface area contributed by atoms with Crippen molar-refractivity contribution in [1.29, 1.82) is 0 Å². The molecule has 0 spiro atoms. The number of rotatable bonds is 4. The molecule has 0 unspecified atom stereocenters. The number of nitrogens with zero attached hydrogens (tertiary/aromatic N) is 1. The summed E-state index contributed by atoms with van der Waals surface area (Å²) >= 11 is 0. The third kappa shape index (κ3) is 4.07. The van der Waals surface area contributed by atoms with Gasteiger partial charge < -0.3 is 20.9 Å². The lowest BCUT2D eigenvalue weighted by Crippen LogP contribution is -2.17. The summed E-state index contributed by atoms with van der Waals surface area (Å²) in [5.41, 5.74) is 12.9. The van der Waals surface area contributed by atoms with E-state index in [-0.39, 0.29) is 5.84 Å². The molecule has 0 bridgehead atoms. The van der Waals surface area contributed by atoms with Crippen LogP contribution in [0.25, 0.3) is 0 Å². The second kappa shape index (κ2) is 7.24.